The van der Waals surface area contributed by atoms with Gasteiger partial charge in [-0.25, -0.2) is 0 Å². The molecule has 3 rings (SSSR count). The summed E-state index contributed by atoms with van der Waals surface area (Å²) in [6, 6.07) is 1.11. The molecule has 0 aromatic rings. The highest BCUT2D eigenvalue weighted by Gasteiger charge is 2.47. The summed E-state index contributed by atoms with van der Waals surface area (Å²) in [5.74, 6) is -0.0360. The molecule has 1 aliphatic heterocycles. The number of rotatable bonds is 4. The Morgan fingerprint density at radius 2 is 1.90 bits per heavy atom. The van der Waals surface area contributed by atoms with Gasteiger partial charge in [0.15, 0.2) is 0 Å². The van der Waals surface area contributed by atoms with Crippen LogP contribution < -0.4 is 5.32 Å². The molecule has 2 unspecified atom stereocenters. The van der Waals surface area contributed by atoms with Gasteiger partial charge in [0.05, 0.1) is 7.11 Å². The molecule has 0 radical (unpaired) electrons. The molecule has 3 fully saturated rings. The maximum atomic E-state index is 12.4. The fourth-order valence-corrected chi connectivity index (χ4v) is 4.03. The third-order valence-electron chi connectivity index (χ3n) is 5.27. The summed E-state index contributed by atoms with van der Waals surface area (Å²) in [7, 11) is 1.53. The lowest BCUT2D eigenvalue weighted by atomic mass is 9.77. The molecule has 20 heavy (non-hydrogen) atoms. The van der Waals surface area contributed by atoms with Crippen LogP contribution >= 0.6 is 0 Å². The number of hydrogen-bond acceptors (Lipinski definition) is 4. The fourth-order valence-electron chi connectivity index (χ4n) is 4.03. The van der Waals surface area contributed by atoms with E-state index in [9.17, 15) is 4.79 Å². The Morgan fingerprint density at radius 3 is 2.55 bits per heavy atom. The number of nitrogens with zero attached hydrogens (tertiary/aromatic N) is 1. The quantitative estimate of drug-likeness (QED) is 0.801. The highest BCUT2D eigenvalue weighted by molar-refractivity contribution is 5.81. The van der Waals surface area contributed by atoms with Crippen LogP contribution in [-0.2, 0) is 9.53 Å². The van der Waals surface area contributed by atoms with Gasteiger partial charge >= 0.3 is 5.97 Å². The number of piperidine rings is 1. The maximum absolute atomic E-state index is 12.4. The van der Waals surface area contributed by atoms with Gasteiger partial charge in [-0.1, -0.05) is 6.42 Å². The Bertz CT molecular complexity index is 350. The summed E-state index contributed by atoms with van der Waals surface area (Å²) in [6.07, 6.45) is 10.7. The number of hydrogen-bond donors (Lipinski definition) is 1. The van der Waals surface area contributed by atoms with Crippen molar-refractivity contribution < 1.29 is 9.53 Å². The molecule has 2 atom stereocenters. The Kier molecular flexibility index (Phi) is 4.32. The van der Waals surface area contributed by atoms with Gasteiger partial charge in [0.1, 0.15) is 5.54 Å². The Hall–Kier alpha value is -0.610. The largest absolute Gasteiger partial charge is 0.468 e. The lowest BCUT2D eigenvalue weighted by Gasteiger charge is -2.44. The zero-order valence-electron chi connectivity index (χ0n) is 12.7. The van der Waals surface area contributed by atoms with Crippen LogP contribution in [0.5, 0.6) is 0 Å². The molecule has 0 amide bonds. The molecule has 1 saturated heterocycles. The second-order valence-electron chi connectivity index (χ2n) is 6.84. The predicted octanol–water partition coefficient (Wildman–Crippen LogP) is 2.08. The first-order chi connectivity index (χ1) is 9.73. The van der Waals surface area contributed by atoms with Crippen molar-refractivity contribution in [3.05, 3.63) is 0 Å². The van der Waals surface area contributed by atoms with E-state index >= 15 is 0 Å². The van der Waals surface area contributed by atoms with Crippen LogP contribution in [0.4, 0.5) is 0 Å². The molecule has 3 aliphatic rings. The second-order valence-corrected chi connectivity index (χ2v) is 6.84. The first-order valence-electron chi connectivity index (χ1n) is 8.34. The van der Waals surface area contributed by atoms with Gasteiger partial charge in [-0.3, -0.25) is 10.1 Å². The minimum Gasteiger partial charge on any atom is -0.468 e. The van der Waals surface area contributed by atoms with Crippen molar-refractivity contribution in [2.24, 2.45) is 0 Å². The van der Waals surface area contributed by atoms with E-state index in [2.05, 4.69) is 10.2 Å². The molecule has 114 valence electrons. The van der Waals surface area contributed by atoms with Crippen molar-refractivity contribution in [1.29, 1.82) is 0 Å². The summed E-state index contributed by atoms with van der Waals surface area (Å²) in [5, 5.41) is 3.62. The number of methoxy groups -OCH3 is 1. The van der Waals surface area contributed by atoms with E-state index in [1.807, 2.05) is 0 Å². The Morgan fingerprint density at radius 1 is 1.15 bits per heavy atom. The van der Waals surface area contributed by atoms with Crippen LogP contribution in [-0.4, -0.2) is 48.7 Å². The molecule has 2 aliphatic carbocycles. The molecule has 4 heteroatoms. The van der Waals surface area contributed by atoms with Gasteiger partial charge in [0.25, 0.3) is 0 Å². The summed E-state index contributed by atoms with van der Waals surface area (Å²) in [6.45, 7) is 2.43. The number of ether oxygens (including phenoxy) is 1. The van der Waals surface area contributed by atoms with Gasteiger partial charge in [-0.15, -0.1) is 0 Å². The smallest absolute Gasteiger partial charge is 0.326 e. The van der Waals surface area contributed by atoms with Crippen LogP contribution in [0.25, 0.3) is 0 Å². The van der Waals surface area contributed by atoms with E-state index in [0.29, 0.717) is 12.1 Å². The fraction of sp³-hybridized carbons (Fsp3) is 0.938. The summed E-state index contributed by atoms with van der Waals surface area (Å²) < 4.78 is 5.14. The molecule has 0 spiro atoms. The minimum absolute atomic E-state index is 0.0360. The third kappa shape index (κ3) is 3.01. The topological polar surface area (TPSA) is 41.6 Å². The monoisotopic (exact) mass is 280 g/mol. The van der Waals surface area contributed by atoms with Crippen LogP contribution in [0.2, 0.25) is 0 Å². The zero-order chi connectivity index (χ0) is 14.0. The molecular formula is C16H28N2O2. The summed E-state index contributed by atoms with van der Waals surface area (Å²) in [4.78, 5) is 15.0. The Labute approximate surface area is 122 Å². The van der Waals surface area contributed by atoms with E-state index in [0.717, 1.165) is 19.3 Å². The predicted molar refractivity (Wildman–Crippen MR) is 78.6 cm³/mol. The van der Waals surface area contributed by atoms with Gasteiger partial charge in [-0.05, 0) is 64.5 Å². The number of carbonyl (C=O) groups excluding carboxylic acids is 1. The van der Waals surface area contributed by atoms with E-state index in [4.69, 9.17) is 4.74 Å². The van der Waals surface area contributed by atoms with Crippen LogP contribution in [0.1, 0.15) is 57.8 Å². The lowest BCUT2D eigenvalue weighted by Crippen LogP contribution is -2.59. The van der Waals surface area contributed by atoms with Crippen LogP contribution in [0.15, 0.2) is 0 Å². The average Bonchev–Trinajstić information content (AvgIpc) is 3.31. The number of esters is 1. The minimum atomic E-state index is -0.406. The van der Waals surface area contributed by atoms with E-state index in [1.54, 1.807) is 0 Å². The van der Waals surface area contributed by atoms with Gasteiger partial charge < -0.3 is 9.64 Å². The molecule has 2 saturated carbocycles. The molecule has 1 heterocycles. The van der Waals surface area contributed by atoms with Crippen LogP contribution in [0, 0.1) is 0 Å². The number of nitrogens with one attached hydrogen (secondary N) is 1. The highest BCUT2D eigenvalue weighted by atomic mass is 16.5. The Balaban J connectivity index is 1.70. The van der Waals surface area contributed by atoms with Crippen molar-refractivity contribution in [2.75, 3.05) is 20.2 Å². The zero-order valence-corrected chi connectivity index (χ0v) is 12.7. The van der Waals surface area contributed by atoms with Crippen molar-refractivity contribution in [2.45, 2.75) is 75.4 Å². The van der Waals surface area contributed by atoms with Crippen molar-refractivity contribution in [3.8, 4) is 0 Å². The van der Waals surface area contributed by atoms with E-state index in [1.165, 1.54) is 58.7 Å². The third-order valence-corrected chi connectivity index (χ3v) is 5.27. The van der Waals surface area contributed by atoms with Gasteiger partial charge in [0, 0.05) is 12.1 Å². The molecule has 0 aromatic carbocycles. The average molecular weight is 280 g/mol. The molecule has 0 aromatic heterocycles. The van der Waals surface area contributed by atoms with Crippen molar-refractivity contribution in [3.63, 3.8) is 0 Å². The first kappa shape index (κ1) is 14.3. The van der Waals surface area contributed by atoms with Gasteiger partial charge in [-0.2, -0.15) is 0 Å². The number of likely N-dealkylation sites (tertiary alicyclic amines) is 1. The van der Waals surface area contributed by atoms with E-state index < -0.39 is 5.54 Å². The molecule has 4 nitrogen and oxygen atoms in total. The number of carbonyl (C=O) groups is 1. The second kappa shape index (κ2) is 6.02. The van der Waals surface area contributed by atoms with Crippen molar-refractivity contribution >= 4 is 5.97 Å². The standard InChI is InChI=1S/C16H28N2O2/c1-20-15(19)16(17-13-7-8-13)9-5-6-14(12-16)18-10-3-2-4-11-18/h13-14,17H,2-12H2,1H3. The SMILES string of the molecule is COC(=O)C1(NC2CC2)CCCC(N2CCCCC2)C1. The maximum Gasteiger partial charge on any atom is 0.326 e. The summed E-state index contributed by atoms with van der Waals surface area (Å²) in [5.41, 5.74) is -0.406. The summed E-state index contributed by atoms with van der Waals surface area (Å²) >= 11 is 0. The van der Waals surface area contributed by atoms with Crippen LogP contribution in [0.3, 0.4) is 0 Å². The highest BCUT2D eigenvalue weighted by Crippen LogP contribution is 2.36. The van der Waals surface area contributed by atoms with E-state index in [-0.39, 0.29) is 5.97 Å². The lowest BCUT2D eigenvalue weighted by molar-refractivity contribution is -0.151. The normalized spacial score (nSPS) is 35.8. The molecule has 0 bridgehead atoms. The molecular weight excluding hydrogens is 252 g/mol. The first-order valence-corrected chi connectivity index (χ1v) is 8.34. The molecule has 1 N–H and O–H groups in total. The van der Waals surface area contributed by atoms with Crippen molar-refractivity contribution in [1.82, 2.24) is 10.2 Å². The van der Waals surface area contributed by atoms with Gasteiger partial charge in [0.2, 0.25) is 0 Å².